The van der Waals surface area contributed by atoms with Gasteiger partial charge in [-0.3, -0.25) is 0 Å². The van der Waals surface area contributed by atoms with Crippen molar-refractivity contribution in [3.05, 3.63) is 29.8 Å². The summed E-state index contributed by atoms with van der Waals surface area (Å²) in [5, 5.41) is 1.91. The van der Waals surface area contributed by atoms with Gasteiger partial charge < -0.3 is 0 Å². The Bertz CT molecular complexity index is 352. The summed E-state index contributed by atoms with van der Waals surface area (Å²) in [4.78, 5) is 1.51. The van der Waals surface area contributed by atoms with Gasteiger partial charge in [0.25, 0.3) is 0 Å². The fraction of sp³-hybridized carbons (Fsp3) is 0.600. The maximum atomic E-state index is 3.71. The molecule has 2 unspecified atom stereocenters. The molecule has 2 rings (SSSR count). The second-order valence-electron chi connectivity index (χ2n) is 5.45. The molecule has 0 aliphatic carbocycles. The predicted octanol–water partition coefficient (Wildman–Crippen LogP) is 5.29. The van der Waals surface area contributed by atoms with Crippen molar-refractivity contribution >= 4 is 27.7 Å². The molecule has 1 aromatic rings. The molecule has 0 aromatic heterocycles. The Balaban J connectivity index is 1.99. The van der Waals surface area contributed by atoms with Gasteiger partial charge in [-0.25, -0.2) is 0 Å². The molecule has 1 aliphatic heterocycles. The van der Waals surface area contributed by atoms with E-state index in [4.69, 9.17) is 0 Å². The first-order chi connectivity index (χ1) is 8.17. The number of hydrogen-bond donors (Lipinski definition) is 0. The van der Waals surface area contributed by atoms with Gasteiger partial charge in [-0.15, -0.1) is 11.8 Å². The zero-order chi connectivity index (χ0) is 12.3. The topological polar surface area (TPSA) is 0 Å². The number of benzene rings is 1. The highest BCUT2D eigenvalue weighted by atomic mass is 79.9. The Hall–Kier alpha value is 0.0500. The number of fused-ring (bicyclic) bond motifs is 1. The monoisotopic (exact) mass is 312 g/mol. The first-order valence-corrected chi connectivity index (χ1v) is 8.47. The van der Waals surface area contributed by atoms with E-state index in [1.54, 1.807) is 5.56 Å². The van der Waals surface area contributed by atoms with Crippen LogP contribution >= 0.6 is 27.7 Å². The standard InChI is InChI=1S/C15H21BrS/c1-3-8-15(2,11-16)10-13-9-12-6-4-5-7-14(12)17-13/h4-7,13H,3,8-11H2,1-2H3. The fourth-order valence-electron chi connectivity index (χ4n) is 2.74. The van der Waals surface area contributed by atoms with Crippen LogP contribution in [0.25, 0.3) is 0 Å². The van der Waals surface area contributed by atoms with Gasteiger partial charge in [0, 0.05) is 15.5 Å². The third-order valence-corrected chi connectivity index (χ3v) is 6.28. The largest absolute Gasteiger partial charge is 0.122 e. The van der Waals surface area contributed by atoms with Gasteiger partial charge in [0.2, 0.25) is 0 Å². The highest BCUT2D eigenvalue weighted by Gasteiger charge is 2.30. The average Bonchev–Trinajstić information content (AvgIpc) is 2.71. The van der Waals surface area contributed by atoms with E-state index in [0.29, 0.717) is 5.41 Å². The normalized spacial score (nSPS) is 22.2. The molecule has 17 heavy (non-hydrogen) atoms. The third-order valence-electron chi connectivity index (χ3n) is 3.61. The molecular formula is C15H21BrS. The summed E-state index contributed by atoms with van der Waals surface area (Å²) < 4.78 is 0. The molecule has 0 spiro atoms. The van der Waals surface area contributed by atoms with Crippen molar-refractivity contribution in [1.29, 1.82) is 0 Å². The first-order valence-electron chi connectivity index (χ1n) is 6.47. The van der Waals surface area contributed by atoms with E-state index in [9.17, 15) is 0 Å². The molecule has 0 saturated carbocycles. The summed E-state index contributed by atoms with van der Waals surface area (Å²) in [6.45, 7) is 4.71. The van der Waals surface area contributed by atoms with Crippen molar-refractivity contribution in [2.24, 2.45) is 5.41 Å². The van der Waals surface area contributed by atoms with E-state index in [2.05, 4.69) is 65.8 Å². The molecule has 94 valence electrons. The molecule has 0 saturated heterocycles. The minimum Gasteiger partial charge on any atom is -0.122 e. The van der Waals surface area contributed by atoms with E-state index >= 15 is 0 Å². The van der Waals surface area contributed by atoms with E-state index < -0.39 is 0 Å². The molecule has 1 heterocycles. The van der Waals surface area contributed by atoms with Gasteiger partial charge in [0.15, 0.2) is 0 Å². The molecule has 0 fully saturated rings. The maximum absolute atomic E-state index is 3.71. The quantitative estimate of drug-likeness (QED) is 0.665. The van der Waals surface area contributed by atoms with Gasteiger partial charge in [-0.1, -0.05) is 54.4 Å². The van der Waals surface area contributed by atoms with Crippen molar-refractivity contribution in [3.63, 3.8) is 0 Å². The molecule has 0 bridgehead atoms. The van der Waals surface area contributed by atoms with Crippen LogP contribution in [0.4, 0.5) is 0 Å². The molecule has 2 atom stereocenters. The number of hydrogen-bond acceptors (Lipinski definition) is 1. The zero-order valence-corrected chi connectivity index (χ0v) is 13.1. The minimum atomic E-state index is 0.467. The minimum absolute atomic E-state index is 0.467. The van der Waals surface area contributed by atoms with Gasteiger partial charge in [-0.05, 0) is 36.3 Å². The zero-order valence-electron chi connectivity index (χ0n) is 10.7. The lowest BCUT2D eigenvalue weighted by molar-refractivity contribution is 0.312. The Kier molecular flexibility index (Phi) is 4.59. The predicted molar refractivity (Wildman–Crippen MR) is 81.2 cm³/mol. The number of alkyl halides is 1. The third kappa shape index (κ3) is 3.29. The van der Waals surface area contributed by atoms with Crippen LogP contribution in [0.3, 0.4) is 0 Å². The van der Waals surface area contributed by atoms with Crippen molar-refractivity contribution < 1.29 is 0 Å². The van der Waals surface area contributed by atoms with Gasteiger partial charge >= 0.3 is 0 Å². The number of rotatable bonds is 5. The van der Waals surface area contributed by atoms with Crippen molar-refractivity contribution in [3.8, 4) is 0 Å². The molecule has 1 aromatic carbocycles. The lowest BCUT2D eigenvalue weighted by Crippen LogP contribution is -2.23. The van der Waals surface area contributed by atoms with Crippen LogP contribution in [0.1, 0.15) is 38.7 Å². The van der Waals surface area contributed by atoms with E-state index in [0.717, 1.165) is 10.6 Å². The van der Waals surface area contributed by atoms with Gasteiger partial charge in [0.05, 0.1) is 0 Å². The van der Waals surface area contributed by atoms with Crippen LogP contribution in [0.2, 0.25) is 0 Å². The Labute approximate surface area is 118 Å². The second-order valence-corrected chi connectivity index (χ2v) is 7.35. The molecule has 1 aliphatic rings. The summed E-state index contributed by atoms with van der Waals surface area (Å²) in [6.07, 6.45) is 5.19. The molecule has 0 radical (unpaired) electrons. The number of halogens is 1. The van der Waals surface area contributed by atoms with Crippen molar-refractivity contribution in [2.75, 3.05) is 5.33 Å². The van der Waals surface area contributed by atoms with Gasteiger partial charge in [0.1, 0.15) is 0 Å². The van der Waals surface area contributed by atoms with Crippen molar-refractivity contribution in [2.45, 2.75) is 49.7 Å². The summed E-state index contributed by atoms with van der Waals surface area (Å²) in [6, 6.07) is 8.88. The van der Waals surface area contributed by atoms with Gasteiger partial charge in [-0.2, -0.15) is 0 Å². The molecule has 0 N–H and O–H groups in total. The summed E-state index contributed by atoms with van der Waals surface area (Å²) >= 11 is 5.79. The highest BCUT2D eigenvalue weighted by Crippen LogP contribution is 2.43. The summed E-state index contributed by atoms with van der Waals surface area (Å²) in [5.74, 6) is 0. The first kappa shape index (κ1) is 13.5. The van der Waals surface area contributed by atoms with E-state index in [1.807, 2.05) is 0 Å². The maximum Gasteiger partial charge on any atom is 0.0141 e. The Morgan fingerprint density at radius 2 is 2.18 bits per heavy atom. The Morgan fingerprint density at radius 3 is 2.82 bits per heavy atom. The summed E-state index contributed by atoms with van der Waals surface area (Å²) in [5.41, 5.74) is 2.02. The summed E-state index contributed by atoms with van der Waals surface area (Å²) in [7, 11) is 0. The van der Waals surface area contributed by atoms with Crippen LogP contribution in [-0.2, 0) is 6.42 Å². The van der Waals surface area contributed by atoms with Crippen LogP contribution in [0, 0.1) is 5.41 Å². The lowest BCUT2D eigenvalue weighted by Gasteiger charge is -2.29. The van der Waals surface area contributed by atoms with E-state index in [1.165, 1.54) is 30.6 Å². The Morgan fingerprint density at radius 1 is 1.41 bits per heavy atom. The molecule has 0 nitrogen and oxygen atoms in total. The SMILES string of the molecule is CCCC(C)(CBr)CC1Cc2ccccc2S1. The second kappa shape index (κ2) is 5.79. The smallest absolute Gasteiger partial charge is 0.0141 e. The lowest BCUT2D eigenvalue weighted by atomic mass is 9.82. The van der Waals surface area contributed by atoms with E-state index in [-0.39, 0.29) is 0 Å². The average molecular weight is 313 g/mol. The van der Waals surface area contributed by atoms with Crippen LogP contribution in [0.5, 0.6) is 0 Å². The molecule has 2 heteroatoms. The van der Waals surface area contributed by atoms with Crippen LogP contribution < -0.4 is 0 Å². The van der Waals surface area contributed by atoms with Crippen LogP contribution in [0.15, 0.2) is 29.2 Å². The molecule has 0 amide bonds. The molecular weight excluding hydrogens is 292 g/mol. The fourth-order valence-corrected chi connectivity index (χ4v) is 4.82. The van der Waals surface area contributed by atoms with Crippen molar-refractivity contribution in [1.82, 2.24) is 0 Å². The van der Waals surface area contributed by atoms with Crippen LogP contribution in [-0.4, -0.2) is 10.6 Å². The highest BCUT2D eigenvalue weighted by molar-refractivity contribution is 9.09. The number of thioether (sulfide) groups is 1.